The summed E-state index contributed by atoms with van der Waals surface area (Å²) in [6.07, 6.45) is 1.67. The summed E-state index contributed by atoms with van der Waals surface area (Å²) >= 11 is 0. The average Bonchev–Trinajstić information content (AvgIpc) is 2.60. The number of benzene rings is 2. The fourth-order valence-corrected chi connectivity index (χ4v) is 2.70. The van der Waals surface area contributed by atoms with Crippen molar-refractivity contribution in [3.8, 4) is 5.75 Å². The van der Waals surface area contributed by atoms with Crippen molar-refractivity contribution in [2.24, 2.45) is 0 Å². The van der Waals surface area contributed by atoms with Gasteiger partial charge in [-0.2, -0.15) is 0 Å². The van der Waals surface area contributed by atoms with Gasteiger partial charge in [-0.05, 0) is 49.2 Å². The van der Waals surface area contributed by atoms with E-state index in [1.165, 1.54) is 0 Å². The van der Waals surface area contributed by atoms with Crippen LogP contribution in [0.3, 0.4) is 0 Å². The van der Waals surface area contributed by atoms with Crippen molar-refractivity contribution in [2.75, 3.05) is 23.4 Å². The van der Waals surface area contributed by atoms with E-state index in [1.807, 2.05) is 26.0 Å². The highest BCUT2D eigenvalue weighted by molar-refractivity contribution is 6.05. The van der Waals surface area contributed by atoms with Gasteiger partial charge in [0, 0.05) is 23.9 Å². The lowest BCUT2D eigenvalue weighted by Crippen LogP contribution is -2.38. The van der Waals surface area contributed by atoms with E-state index in [0.717, 1.165) is 11.1 Å². The fraction of sp³-hybridized carbons (Fsp3) is 0.200. The van der Waals surface area contributed by atoms with Gasteiger partial charge in [-0.3, -0.25) is 9.59 Å². The number of carbonyl (C=O) groups excluding carboxylic acids is 2. The van der Waals surface area contributed by atoms with Crippen molar-refractivity contribution in [2.45, 2.75) is 13.8 Å². The summed E-state index contributed by atoms with van der Waals surface area (Å²) in [6.45, 7) is 8.06. The summed E-state index contributed by atoms with van der Waals surface area (Å²) in [5.74, 6) is 0.275. The first-order valence-electron chi connectivity index (χ1n) is 8.06. The number of nitrogens with zero attached hydrogens (tertiary/aromatic N) is 1. The lowest BCUT2D eigenvalue weighted by atomic mass is 10.1. The third kappa shape index (κ3) is 3.40. The third-order valence-electron chi connectivity index (χ3n) is 4.24. The molecule has 0 fully saturated rings. The Balaban J connectivity index is 1.82. The first-order chi connectivity index (χ1) is 12.0. The Bertz CT molecular complexity index is 858. The van der Waals surface area contributed by atoms with Gasteiger partial charge in [0.15, 0.2) is 6.61 Å². The molecule has 0 atom stereocenters. The molecule has 1 heterocycles. The molecule has 5 nitrogen and oxygen atoms in total. The molecule has 5 heteroatoms. The molecule has 0 saturated carbocycles. The van der Waals surface area contributed by atoms with E-state index in [4.69, 9.17) is 4.74 Å². The Hall–Kier alpha value is -3.08. The quantitative estimate of drug-likeness (QED) is 0.870. The minimum absolute atomic E-state index is 0.0185. The van der Waals surface area contributed by atoms with Crippen molar-refractivity contribution >= 4 is 23.2 Å². The highest BCUT2D eigenvalue weighted by atomic mass is 16.5. The molecule has 0 bridgehead atoms. The zero-order valence-corrected chi connectivity index (χ0v) is 14.3. The SMILES string of the molecule is C=CCN1C(=O)COc2cc(NC(=O)c3ccc(C)c(C)c3)ccc21. The van der Waals surface area contributed by atoms with Gasteiger partial charge in [0.05, 0.1) is 5.69 Å². The minimum Gasteiger partial charge on any atom is -0.481 e. The zero-order chi connectivity index (χ0) is 18.0. The Morgan fingerprint density at radius 1 is 1.24 bits per heavy atom. The van der Waals surface area contributed by atoms with E-state index in [-0.39, 0.29) is 18.4 Å². The highest BCUT2D eigenvalue weighted by Gasteiger charge is 2.24. The Labute approximate surface area is 146 Å². The normalized spacial score (nSPS) is 13.0. The number of anilines is 2. The minimum atomic E-state index is -0.183. The molecule has 0 saturated heterocycles. The molecule has 2 amide bonds. The lowest BCUT2D eigenvalue weighted by Gasteiger charge is -2.28. The van der Waals surface area contributed by atoms with Gasteiger partial charge >= 0.3 is 0 Å². The number of carbonyl (C=O) groups is 2. The maximum Gasteiger partial charge on any atom is 0.265 e. The van der Waals surface area contributed by atoms with Gasteiger partial charge in [0.25, 0.3) is 11.8 Å². The first kappa shape index (κ1) is 16.8. The molecular weight excluding hydrogens is 316 g/mol. The topological polar surface area (TPSA) is 58.6 Å². The largest absolute Gasteiger partial charge is 0.481 e. The molecule has 2 aromatic carbocycles. The van der Waals surface area contributed by atoms with Crippen LogP contribution in [0.2, 0.25) is 0 Å². The van der Waals surface area contributed by atoms with Crippen LogP contribution in [0, 0.1) is 13.8 Å². The van der Waals surface area contributed by atoms with Gasteiger partial charge in [0.2, 0.25) is 0 Å². The van der Waals surface area contributed by atoms with Gasteiger partial charge < -0.3 is 15.0 Å². The molecule has 1 aliphatic rings. The van der Waals surface area contributed by atoms with Gasteiger partial charge in [-0.25, -0.2) is 0 Å². The molecule has 0 radical (unpaired) electrons. The Kier molecular flexibility index (Phi) is 4.57. The first-order valence-corrected chi connectivity index (χ1v) is 8.06. The van der Waals surface area contributed by atoms with E-state index in [2.05, 4.69) is 11.9 Å². The number of ether oxygens (including phenoxy) is 1. The van der Waals surface area contributed by atoms with Crippen molar-refractivity contribution in [1.29, 1.82) is 0 Å². The van der Waals surface area contributed by atoms with E-state index >= 15 is 0 Å². The Morgan fingerprint density at radius 2 is 2.04 bits per heavy atom. The van der Waals surface area contributed by atoms with Crippen LogP contribution in [0.4, 0.5) is 11.4 Å². The number of nitrogens with one attached hydrogen (secondary N) is 1. The van der Waals surface area contributed by atoms with Crippen LogP contribution in [0.5, 0.6) is 5.75 Å². The predicted molar refractivity (Wildman–Crippen MR) is 98.4 cm³/mol. The smallest absolute Gasteiger partial charge is 0.265 e. The van der Waals surface area contributed by atoms with Gasteiger partial charge in [0.1, 0.15) is 5.75 Å². The van der Waals surface area contributed by atoms with Crippen molar-refractivity contribution in [3.63, 3.8) is 0 Å². The van der Waals surface area contributed by atoms with Crippen LogP contribution in [-0.4, -0.2) is 25.0 Å². The standard InChI is InChI=1S/C20H20N2O3/c1-4-9-22-17-8-7-16(11-18(17)25-12-19(22)23)21-20(24)15-6-5-13(2)14(3)10-15/h4-8,10-11H,1,9,12H2,2-3H3,(H,21,24). The van der Waals surface area contributed by atoms with Crippen LogP contribution < -0.4 is 15.0 Å². The molecule has 0 aromatic heterocycles. The summed E-state index contributed by atoms with van der Waals surface area (Å²) in [6, 6.07) is 10.9. The Morgan fingerprint density at radius 3 is 2.76 bits per heavy atom. The number of hydrogen-bond donors (Lipinski definition) is 1. The summed E-state index contributed by atoms with van der Waals surface area (Å²) in [5, 5.41) is 2.87. The molecule has 3 rings (SSSR count). The summed E-state index contributed by atoms with van der Waals surface area (Å²) < 4.78 is 5.50. The molecule has 0 aliphatic carbocycles. The van der Waals surface area contributed by atoms with Gasteiger partial charge in [-0.15, -0.1) is 6.58 Å². The average molecular weight is 336 g/mol. The second kappa shape index (κ2) is 6.81. The van der Waals surface area contributed by atoms with Crippen molar-refractivity contribution in [3.05, 3.63) is 65.7 Å². The van der Waals surface area contributed by atoms with E-state index in [0.29, 0.717) is 29.2 Å². The van der Waals surface area contributed by atoms with E-state index in [1.54, 1.807) is 35.2 Å². The van der Waals surface area contributed by atoms with Crippen LogP contribution >= 0.6 is 0 Å². The predicted octanol–water partition coefficient (Wildman–Crippen LogP) is 3.47. The number of fused-ring (bicyclic) bond motifs is 1. The molecule has 1 aliphatic heterocycles. The molecule has 2 aromatic rings. The second-order valence-corrected chi connectivity index (χ2v) is 6.02. The second-order valence-electron chi connectivity index (χ2n) is 6.02. The number of amides is 2. The molecule has 0 spiro atoms. The van der Waals surface area contributed by atoms with Crippen LogP contribution in [0.25, 0.3) is 0 Å². The fourth-order valence-electron chi connectivity index (χ4n) is 2.70. The number of aryl methyl sites for hydroxylation is 2. The number of rotatable bonds is 4. The maximum absolute atomic E-state index is 12.4. The maximum atomic E-state index is 12.4. The zero-order valence-electron chi connectivity index (χ0n) is 14.3. The molecular formula is C20H20N2O3. The summed E-state index contributed by atoms with van der Waals surface area (Å²) in [5.41, 5.74) is 4.12. The summed E-state index contributed by atoms with van der Waals surface area (Å²) in [7, 11) is 0. The van der Waals surface area contributed by atoms with Crippen LogP contribution in [0.1, 0.15) is 21.5 Å². The molecule has 1 N–H and O–H groups in total. The molecule has 128 valence electrons. The lowest BCUT2D eigenvalue weighted by molar-refractivity contribution is -0.121. The molecule has 25 heavy (non-hydrogen) atoms. The highest BCUT2D eigenvalue weighted by Crippen LogP contribution is 2.34. The van der Waals surface area contributed by atoms with Gasteiger partial charge in [-0.1, -0.05) is 12.1 Å². The van der Waals surface area contributed by atoms with Crippen molar-refractivity contribution in [1.82, 2.24) is 0 Å². The van der Waals surface area contributed by atoms with E-state index < -0.39 is 0 Å². The third-order valence-corrected chi connectivity index (χ3v) is 4.24. The summed E-state index contributed by atoms with van der Waals surface area (Å²) in [4.78, 5) is 26.0. The monoisotopic (exact) mass is 336 g/mol. The van der Waals surface area contributed by atoms with Crippen LogP contribution in [-0.2, 0) is 4.79 Å². The van der Waals surface area contributed by atoms with Crippen LogP contribution in [0.15, 0.2) is 49.1 Å². The molecule has 0 unspecified atom stereocenters. The van der Waals surface area contributed by atoms with Crippen molar-refractivity contribution < 1.29 is 14.3 Å². The number of hydrogen-bond acceptors (Lipinski definition) is 3. The van der Waals surface area contributed by atoms with E-state index in [9.17, 15) is 9.59 Å².